The second-order valence-electron chi connectivity index (χ2n) is 3.96. The van der Waals surface area contributed by atoms with Crippen LogP contribution in [0, 0.1) is 13.8 Å². The molecule has 0 aromatic heterocycles. The maximum absolute atomic E-state index is 11.5. The Morgan fingerprint density at radius 3 is 2.38 bits per heavy atom. The smallest absolute Gasteiger partial charge is 0.286 e. The van der Waals surface area contributed by atoms with E-state index >= 15 is 0 Å². The van der Waals surface area contributed by atoms with Crippen LogP contribution in [0.25, 0.3) is 0 Å². The zero-order chi connectivity index (χ0) is 11.7. The normalized spacial score (nSPS) is 20.0. The molecule has 1 aromatic rings. The Labute approximate surface area is 98.6 Å². The van der Waals surface area contributed by atoms with Crippen molar-refractivity contribution in [3.63, 3.8) is 0 Å². The van der Waals surface area contributed by atoms with Gasteiger partial charge in [0.25, 0.3) is 5.24 Å². The van der Waals surface area contributed by atoms with Crippen LogP contribution in [0.2, 0.25) is 0 Å². The average Bonchev–Trinajstić information content (AvgIpc) is 2.51. The average molecular weight is 235 g/mol. The quantitative estimate of drug-likeness (QED) is 0.854. The molecule has 1 saturated heterocycles. The third-order valence-corrected chi connectivity index (χ3v) is 3.78. The third kappa shape index (κ3) is 2.11. The van der Waals surface area contributed by atoms with E-state index in [1.165, 1.54) is 16.7 Å². The molecule has 4 heteroatoms. The second kappa shape index (κ2) is 4.29. The number of carbonyl (C=O) groups is 2. The molecule has 1 unspecified atom stereocenters. The highest BCUT2D eigenvalue weighted by Crippen LogP contribution is 2.25. The van der Waals surface area contributed by atoms with Crippen molar-refractivity contribution >= 4 is 22.9 Å². The van der Waals surface area contributed by atoms with Crippen LogP contribution in [-0.2, 0) is 11.2 Å². The summed E-state index contributed by atoms with van der Waals surface area (Å²) in [6.07, 6.45) is 0.626. The Hall–Kier alpha value is -1.29. The largest absolute Gasteiger partial charge is 0.286 e. The van der Waals surface area contributed by atoms with Gasteiger partial charge in [-0.05, 0) is 37.0 Å². The number of rotatable bonds is 2. The summed E-state index contributed by atoms with van der Waals surface area (Å²) in [4.78, 5) is 22.5. The highest BCUT2D eigenvalue weighted by Gasteiger charge is 2.32. The molecule has 1 aromatic carbocycles. The number of thioether (sulfide) groups is 1. The van der Waals surface area contributed by atoms with Gasteiger partial charge in [0.2, 0.25) is 5.91 Å². The number of hydrogen-bond acceptors (Lipinski definition) is 3. The highest BCUT2D eigenvalue weighted by atomic mass is 32.2. The fourth-order valence-corrected chi connectivity index (χ4v) is 2.72. The molecule has 0 aliphatic carbocycles. The van der Waals surface area contributed by atoms with E-state index in [1.54, 1.807) is 0 Å². The molecule has 1 aliphatic rings. The number of aryl methyl sites for hydroxylation is 2. The summed E-state index contributed by atoms with van der Waals surface area (Å²) in [6.45, 7) is 4.06. The van der Waals surface area contributed by atoms with Crippen molar-refractivity contribution in [2.24, 2.45) is 0 Å². The summed E-state index contributed by atoms with van der Waals surface area (Å²) < 4.78 is 0. The predicted octanol–water partition coefficient (Wildman–Crippen LogP) is 2.20. The van der Waals surface area contributed by atoms with E-state index in [0.29, 0.717) is 6.42 Å². The molecule has 0 spiro atoms. The molecular formula is C12H13NO2S. The molecule has 1 atom stereocenters. The Kier molecular flexibility index (Phi) is 3.01. The topological polar surface area (TPSA) is 46.2 Å². The Morgan fingerprint density at radius 2 is 1.88 bits per heavy atom. The molecule has 1 heterocycles. The lowest BCUT2D eigenvalue weighted by atomic mass is 9.98. The van der Waals surface area contributed by atoms with E-state index < -0.39 is 0 Å². The van der Waals surface area contributed by atoms with Crippen molar-refractivity contribution in [3.8, 4) is 0 Å². The zero-order valence-corrected chi connectivity index (χ0v) is 10.1. The van der Waals surface area contributed by atoms with Gasteiger partial charge in [-0.15, -0.1) is 0 Å². The number of nitrogens with one attached hydrogen (secondary N) is 1. The maximum atomic E-state index is 11.5. The standard InChI is InChI=1S/C12H13NO2S/c1-7-4-3-5-8(2)9(7)6-10-11(14)13-12(15)16-10/h3-5,10H,6H2,1-2H3,(H,13,14,15). The van der Waals surface area contributed by atoms with E-state index in [4.69, 9.17) is 0 Å². The molecule has 0 radical (unpaired) electrons. The zero-order valence-electron chi connectivity index (χ0n) is 9.24. The fourth-order valence-electron chi connectivity index (χ4n) is 1.88. The van der Waals surface area contributed by atoms with Crippen LogP contribution in [0.3, 0.4) is 0 Å². The van der Waals surface area contributed by atoms with Crippen LogP contribution in [0.4, 0.5) is 4.79 Å². The summed E-state index contributed by atoms with van der Waals surface area (Å²) in [5.41, 5.74) is 3.52. The first kappa shape index (κ1) is 11.2. The van der Waals surface area contributed by atoms with E-state index in [9.17, 15) is 9.59 Å². The minimum atomic E-state index is -0.271. The van der Waals surface area contributed by atoms with Gasteiger partial charge in [0, 0.05) is 0 Å². The number of hydrogen-bond donors (Lipinski definition) is 1. The summed E-state index contributed by atoms with van der Waals surface area (Å²) in [5, 5.41) is 1.81. The monoisotopic (exact) mass is 235 g/mol. The minimum absolute atomic E-state index is 0.169. The highest BCUT2D eigenvalue weighted by molar-refractivity contribution is 8.15. The molecule has 3 nitrogen and oxygen atoms in total. The first-order valence-electron chi connectivity index (χ1n) is 5.14. The molecular weight excluding hydrogens is 222 g/mol. The Bertz CT molecular complexity index is 436. The van der Waals surface area contributed by atoms with Gasteiger partial charge in [0.15, 0.2) is 0 Å². The lowest BCUT2D eigenvalue weighted by Gasteiger charge is -2.11. The van der Waals surface area contributed by atoms with Gasteiger partial charge in [0.1, 0.15) is 0 Å². The maximum Gasteiger partial charge on any atom is 0.286 e. The van der Waals surface area contributed by atoms with Crippen LogP contribution in [-0.4, -0.2) is 16.4 Å². The Morgan fingerprint density at radius 1 is 1.25 bits per heavy atom. The summed E-state index contributed by atoms with van der Waals surface area (Å²) in [6, 6.07) is 6.06. The summed E-state index contributed by atoms with van der Waals surface area (Å²) in [5.74, 6) is -0.169. The predicted molar refractivity (Wildman–Crippen MR) is 64.5 cm³/mol. The lowest BCUT2D eigenvalue weighted by Crippen LogP contribution is -2.25. The summed E-state index contributed by atoms with van der Waals surface area (Å²) in [7, 11) is 0. The van der Waals surface area contributed by atoms with Crippen molar-refractivity contribution < 1.29 is 9.59 Å². The molecule has 0 bridgehead atoms. The molecule has 1 aliphatic heterocycles. The molecule has 1 fully saturated rings. The van der Waals surface area contributed by atoms with Gasteiger partial charge in [-0.25, -0.2) is 0 Å². The van der Waals surface area contributed by atoms with Crippen molar-refractivity contribution in [3.05, 3.63) is 34.9 Å². The van der Waals surface area contributed by atoms with Crippen LogP contribution in [0.5, 0.6) is 0 Å². The lowest BCUT2D eigenvalue weighted by molar-refractivity contribution is -0.118. The first-order chi connectivity index (χ1) is 7.58. The molecule has 84 valence electrons. The van der Waals surface area contributed by atoms with Gasteiger partial charge < -0.3 is 0 Å². The van der Waals surface area contributed by atoms with Crippen molar-refractivity contribution in [2.75, 3.05) is 0 Å². The van der Waals surface area contributed by atoms with Crippen LogP contribution < -0.4 is 5.32 Å². The van der Waals surface area contributed by atoms with Crippen molar-refractivity contribution in [1.29, 1.82) is 0 Å². The van der Waals surface area contributed by atoms with Gasteiger partial charge in [-0.1, -0.05) is 30.0 Å². The number of benzene rings is 1. The van der Waals surface area contributed by atoms with Crippen molar-refractivity contribution in [1.82, 2.24) is 5.32 Å². The van der Waals surface area contributed by atoms with Crippen molar-refractivity contribution in [2.45, 2.75) is 25.5 Å². The number of carbonyl (C=O) groups excluding carboxylic acids is 2. The molecule has 2 amide bonds. The van der Waals surface area contributed by atoms with Gasteiger partial charge in [-0.3, -0.25) is 14.9 Å². The molecule has 16 heavy (non-hydrogen) atoms. The van der Waals surface area contributed by atoms with E-state index in [-0.39, 0.29) is 16.4 Å². The van der Waals surface area contributed by atoms with E-state index in [2.05, 4.69) is 5.32 Å². The fraction of sp³-hybridized carbons (Fsp3) is 0.333. The molecule has 0 saturated carbocycles. The summed E-state index contributed by atoms with van der Waals surface area (Å²) >= 11 is 1.09. The third-order valence-electron chi connectivity index (χ3n) is 2.80. The van der Waals surface area contributed by atoms with Gasteiger partial charge in [-0.2, -0.15) is 0 Å². The minimum Gasteiger partial charge on any atom is -0.286 e. The van der Waals surface area contributed by atoms with E-state index in [0.717, 1.165) is 11.8 Å². The van der Waals surface area contributed by atoms with Gasteiger partial charge >= 0.3 is 0 Å². The SMILES string of the molecule is Cc1cccc(C)c1CC1SC(=O)NC1=O. The van der Waals surface area contributed by atoms with Gasteiger partial charge in [0.05, 0.1) is 5.25 Å². The van der Waals surface area contributed by atoms with E-state index in [1.807, 2.05) is 32.0 Å². The van der Waals surface area contributed by atoms with Crippen LogP contribution >= 0.6 is 11.8 Å². The molecule has 2 rings (SSSR count). The van der Waals surface area contributed by atoms with Crippen LogP contribution in [0.15, 0.2) is 18.2 Å². The number of amides is 2. The Balaban J connectivity index is 2.21. The van der Waals surface area contributed by atoms with Crippen LogP contribution in [0.1, 0.15) is 16.7 Å². The first-order valence-corrected chi connectivity index (χ1v) is 6.02. The second-order valence-corrected chi connectivity index (χ2v) is 5.13. The molecule has 1 N–H and O–H groups in total. The number of imide groups is 1.